The van der Waals surface area contributed by atoms with Crippen molar-refractivity contribution in [1.82, 2.24) is 0 Å². The van der Waals surface area contributed by atoms with E-state index in [4.69, 9.17) is 10.0 Å². The minimum atomic E-state index is -0.750. The van der Waals surface area contributed by atoms with Gasteiger partial charge in [-0.15, -0.1) is 0 Å². The fourth-order valence-electron chi connectivity index (χ4n) is 0. The summed E-state index contributed by atoms with van der Waals surface area (Å²) in [6, 6.07) is 0. The van der Waals surface area contributed by atoms with Gasteiger partial charge in [-0.3, -0.25) is 0 Å². The van der Waals surface area contributed by atoms with Crippen LogP contribution in [0.1, 0.15) is 0 Å². The van der Waals surface area contributed by atoms with Crippen LogP contribution in [0, 0.1) is 0 Å². The molecule has 0 aromatic rings. The summed E-state index contributed by atoms with van der Waals surface area (Å²) in [6.45, 7) is 0. The van der Waals surface area contributed by atoms with Crippen LogP contribution in [0.2, 0.25) is 4.13 Å². The van der Waals surface area contributed by atoms with E-state index in [1.807, 2.05) is 0 Å². The molecular formula is C2H6BO2Zr. The molecule has 0 atom stereocenters. The second-order valence-corrected chi connectivity index (χ2v) is 3.76. The Balaban J connectivity index is 0.0000000833. The first-order valence-electron chi connectivity index (χ1n) is 1.68. The molecule has 33 valence electrons. The van der Waals surface area contributed by atoms with Crippen LogP contribution in [0.3, 0.4) is 0 Å². The van der Waals surface area contributed by atoms with Crippen LogP contribution in [-0.2, 0) is 22.8 Å². The van der Waals surface area contributed by atoms with Crippen molar-refractivity contribution < 1.29 is 32.8 Å². The van der Waals surface area contributed by atoms with Crippen LogP contribution in [0.4, 0.5) is 0 Å². The molecule has 6 heavy (non-hydrogen) atoms. The Hall–Kier alpha value is 0.738. The van der Waals surface area contributed by atoms with Gasteiger partial charge in [0.1, 0.15) is 0 Å². The van der Waals surface area contributed by atoms with Gasteiger partial charge in [0.05, 0.1) is 0 Å². The maximum atomic E-state index is 7.12. The third-order valence-corrected chi connectivity index (χ3v) is 1.21. The monoisotopic (exact) mass is 163 g/mol. The summed E-state index contributed by atoms with van der Waals surface area (Å²) in [5, 5.41) is 14.2. The molecule has 0 radical (unpaired) electrons. The Kier molecular flexibility index (Phi) is 6.44. The number of hydrogen-bond acceptors (Lipinski definition) is 2. The zero-order valence-electron chi connectivity index (χ0n) is 3.39. The molecule has 0 saturated heterocycles. The molecule has 0 fully saturated rings. The molecule has 4 heteroatoms. The first-order valence-corrected chi connectivity index (χ1v) is 4.84. The van der Waals surface area contributed by atoms with Crippen LogP contribution in [0.15, 0.2) is 0 Å². The van der Waals surface area contributed by atoms with Crippen LogP contribution in [-0.4, -0.2) is 21.4 Å². The third kappa shape index (κ3) is 21.9. The van der Waals surface area contributed by atoms with E-state index >= 15 is 0 Å². The summed E-state index contributed by atoms with van der Waals surface area (Å²) in [7, 11) is -0.750. The van der Waals surface area contributed by atoms with E-state index in [1.165, 1.54) is 0 Å². The van der Waals surface area contributed by atoms with E-state index in [0.717, 1.165) is 0 Å². The molecule has 1 heterocycles. The molecule has 0 unspecified atom stereocenters. The Bertz CT molecular complexity index is 42.8. The van der Waals surface area contributed by atoms with E-state index in [0.29, 0.717) is 22.8 Å². The first kappa shape index (κ1) is 6.74. The van der Waals surface area contributed by atoms with Crippen molar-refractivity contribution in [3.63, 3.8) is 0 Å². The van der Waals surface area contributed by atoms with E-state index in [2.05, 4.69) is 3.71 Å². The van der Waals surface area contributed by atoms with Gasteiger partial charge in [-0.2, -0.15) is 0 Å². The Morgan fingerprint density at radius 2 is 1.83 bits per heavy atom. The molecule has 0 spiro atoms. The summed E-state index contributed by atoms with van der Waals surface area (Å²) >= 11 is 0.355. The van der Waals surface area contributed by atoms with Gasteiger partial charge >= 0.3 is 38.3 Å². The van der Waals surface area contributed by atoms with Crippen molar-refractivity contribution in [1.29, 1.82) is 0 Å². The van der Waals surface area contributed by atoms with Crippen LogP contribution in [0.5, 0.6) is 0 Å². The summed E-state index contributed by atoms with van der Waals surface area (Å²) in [5.74, 6) is 0. The summed E-state index contributed by atoms with van der Waals surface area (Å²) in [6.07, 6.45) is 0. The van der Waals surface area contributed by atoms with Gasteiger partial charge in [0, 0.05) is 0 Å². The number of hydrogen-bond donors (Lipinski definition) is 2. The SMILES string of the molecule is OBO.[CH]1=[Zr][CH2]1. The van der Waals surface area contributed by atoms with Crippen molar-refractivity contribution in [2.45, 2.75) is 4.13 Å². The maximum absolute atomic E-state index is 7.12. The van der Waals surface area contributed by atoms with Gasteiger partial charge in [0.25, 0.3) is 0 Å². The van der Waals surface area contributed by atoms with Crippen LogP contribution < -0.4 is 0 Å². The van der Waals surface area contributed by atoms with Gasteiger partial charge in [-0.1, -0.05) is 0 Å². The average Bonchev–Trinajstić information content (AvgIpc) is 2.11. The molecule has 1 aliphatic rings. The molecule has 0 aromatic heterocycles. The summed E-state index contributed by atoms with van der Waals surface area (Å²) in [4.78, 5) is 0. The van der Waals surface area contributed by atoms with Crippen molar-refractivity contribution in [3.8, 4) is 0 Å². The minimum absolute atomic E-state index is 0.355. The standard InChI is InChI=1S/C2H3.BH3O2.Zr/c1-2;2-1-3;/h1H,2H2;1-3H;. The number of rotatable bonds is 0. The van der Waals surface area contributed by atoms with Gasteiger partial charge < -0.3 is 10.0 Å². The second kappa shape index (κ2) is 5.74. The van der Waals surface area contributed by atoms with Crippen LogP contribution in [0.25, 0.3) is 0 Å². The summed E-state index contributed by atoms with van der Waals surface area (Å²) in [5.41, 5.74) is 0. The zero-order chi connectivity index (χ0) is 4.83. The third-order valence-electron chi connectivity index (χ3n) is 0.204. The van der Waals surface area contributed by atoms with E-state index < -0.39 is 7.69 Å². The fourth-order valence-corrected chi connectivity index (χ4v) is 0. The Labute approximate surface area is 48.5 Å². The summed E-state index contributed by atoms with van der Waals surface area (Å²) < 4.78 is 3.96. The van der Waals surface area contributed by atoms with Crippen molar-refractivity contribution in [2.24, 2.45) is 0 Å². The fraction of sp³-hybridized carbons (Fsp3) is 0.500. The predicted octanol–water partition coefficient (Wildman–Crippen LogP) is -1.46. The second-order valence-electron chi connectivity index (χ2n) is 0.754. The van der Waals surface area contributed by atoms with Crippen molar-refractivity contribution >= 4 is 11.4 Å². The molecule has 0 amide bonds. The van der Waals surface area contributed by atoms with Crippen molar-refractivity contribution in [3.05, 3.63) is 0 Å². The van der Waals surface area contributed by atoms with E-state index in [9.17, 15) is 0 Å². The predicted molar refractivity (Wildman–Crippen MR) is 22.5 cm³/mol. The average molecular weight is 164 g/mol. The van der Waals surface area contributed by atoms with Crippen LogP contribution >= 0.6 is 0 Å². The van der Waals surface area contributed by atoms with E-state index in [1.54, 1.807) is 4.13 Å². The molecule has 0 aromatic carbocycles. The molecule has 1 rings (SSSR count). The van der Waals surface area contributed by atoms with E-state index in [-0.39, 0.29) is 0 Å². The Morgan fingerprint density at radius 1 is 1.67 bits per heavy atom. The van der Waals surface area contributed by atoms with Gasteiger partial charge in [-0.05, 0) is 0 Å². The molecule has 2 nitrogen and oxygen atoms in total. The molecule has 2 N–H and O–H groups in total. The Morgan fingerprint density at radius 3 is 1.83 bits per heavy atom. The molecule has 0 saturated carbocycles. The normalized spacial score (nSPS) is 10.3. The van der Waals surface area contributed by atoms with Gasteiger partial charge in [0.15, 0.2) is 0 Å². The first-order chi connectivity index (χ1) is 2.91. The molecule has 1 aliphatic heterocycles. The van der Waals surface area contributed by atoms with Crippen molar-refractivity contribution in [2.75, 3.05) is 0 Å². The van der Waals surface area contributed by atoms with Gasteiger partial charge in [0.2, 0.25) is 0 Å². The molecule has 0 aliphatic carbocycles. The van der Waals surface area contributed by atoms with Gasteiger partial charge in [-0.25, -0.2) is 0 Å². The topological polar surface area (TPSA) is 40.5 Å². The quantitative estimate of drug-likeness (QED) is 0.429. The zero-order valence-corrected chi connectivity index (χ0v) is 5.84. The molecular weight excluding hydrogens is 158 g/mol. The molecule has 0 bridgehead atoms.